The van der Waals surface area contributed by atoms with Crippen molar-refractivity contribution in [1.82, 2.24) is 5.32 Å². The van der Waals surface area contributed by atoms with E-state index in [2.05, 4.69) is 59.2 Å². The van der Waals surface area contributed by atoms with Crippen molar-refractivity contribution in [3.63, 3.8) is 0 Å². The van der Waals surface area contributed by atoms with E-state index in [9.17, 15) is 0 Å². The van der Waals surface area contributed by atoms with E-state index >= 15 is 0 Å². The molecule has 2 aromatic carbocycles. The summed E-state index contributed by atoms with van der Waals surface area (Å²) in [6, 6.07) is 18.1. The Labute approximate surface area is 123 Å². The van der Waals surface area contributed by atoms with Gasteiger partial charge in [0, 0.05) is 17.5 Å². The minimum absolute atomic E-state index is 0.468. The molecule has 2 heteroatoms. The van der Waals surface area contributed by atoms with Gasteiger partial charge in [-0.2, -0.15) is 0 Å². The molecule has 0 spiro atoms. The van der Waals surface area contributed by atoms with Gasteiger partial charge in [-0.1, -0.05) is 42.5 Å². The summed E-state index contributed by atoms with van der Waals surface area (Å²) in [5.74, 6) is 0. The van der Waals surface area contributed by atoms with E-state index in [-0.39, 0.29) is 0 Å². The van der Waals surface area contributed by atoms with Crippen LogP contribution in [0.2, 0.25) is 0 Å². The predicted molar refractivity (Wildman–Crippen MR) is 86.4 cm³/mol. The van der Waals surface area contributed by atoms with Crippen molar-refractivity contribution in [2.24, 2.45) is 0 Å². The van der Waals surface area contributed by atoms with Crippen molar-refractivity contribution in [1.29, 1.82) is 0 Å². The summed E-state index contributed by atoms with van der Waals surface area (Å²) in [6.45, 7) is 1.10. The van der Waals surface area contributed by atoms with Gasteiger partial charge in [0.15, 0.2) is 0 Å². The smallest absolute Gasteiger partial charge is 0.0372 e. The molecule has 1 aliphatic rings. The number of rotatable bonds is 2. The van der Waals surface area contributed by atoms with Crippen molar-refractivity contribution in [3.8, 4) is 0 Å². The molecule has 20 heavy (non-hydrogen) atoms. The second-order valence-corrected chi connectivity index (χ2v) is 6.40. The third-order valence-corrected chi connectivity index (χ3v) is 5.20. The highest BCUT2D eigenvalue weighted by Crippen LogP contribution is 2.31. The van der Waals surface area contributed by atoms with E-state index in [1.807, 2.05) is 11.3 Å². The maximum absolute atomic E-state index is 3.68. The van der Waals surface area contributed by atoms with Gasteiger partial charge in [0.05, 0.1) is 0 Å². The molecule has 0 saturated heterocycles. The molecular formula is C18H17NS. The molecule has 0 amide bonds. The third kappa shape index (κ3) is 2.05. The molecule has 0 saturated carbocycles. The molecule has 4 rings (SSSR count). The lowest BCUT2D eigenvalue weighted by molar-refractivity contribution is 0.509. The lowest BCUT2D eigenvalue weighted by atomic mass is 9.93. The van der Waals surface area contributed by atoms with Crippen LogP contribution in [0.5, 0.6) is 0 Å². The van der Waals surface area contributed by atoms with Crippen molar-refractivity contribution >= 4 is 22.1 Å². The average Bonchev–Trinajstić information content (AvgIpc) is 2.97. The maximum atomic E-state index is 3.68. The van der Waals surface area contributed by atoms with Crippen molar-refractivity contribution in [2.75, 3.05) is 6.54 Å². The molecule has 0 bridgehead atoms. The van der Waals surface area contributed by atoms with E-state index in [1.54, 1.807) is 4.88 Å². The summed E-state index contributed by atoms with van der Waals surface area (Å²) >= 11 is 1.90. The first-order valence-electron chi connectivity index (χ1n) is 7.18. The minimum atomic E-state index is 0.468. The SMILES string of the molecule is c1ccc2c(C[C@@H]3NCCc4sccc43)cccc2c1. The van der Waals surface area contributed by atoms with Crippen LogP contribution in [0.4, 0.5) is 0 Å². The molecule has 1 atom stereocenters. The van der Waals surface area contributed by atoms with Crippen LogP contribution in [-0.2, 0) is 12.8 Å². The van der Waals surface area contributed by atoms with Crippen LogP contribution < -0.4 is 5.32 Å². The minimum Gasteiger partial charge on any atom is -0.309 e. The molecule has 1 aliphatic heterocycles. The van der Waals surface area contributed by atoms with Gasteiger partial charge in [-0.3, -0.25) is 0 Å². The summed E-state index contributed by atoms with van der Waals surface area (Å²) in [4.78, 5) is 1.56. The highest BCUT2D eigenvalue weighted by atomic mass is 32.1. The topological polar surface area (TPSA) is 12.0 Å². The Kier molecular flexibility index (Phi) is 3.06. The van der Waals surface area contributed by atoms with Crippen molar-refractivity contribution < 1.29 is 0 Å². The molecule has 1 aromatic heterocycles. The van der Waals surface area contributed by atoms with Gasteiger partial charge < -0.3 is 5.32 Å². The van der Waals surface area contributed by atoms with Crippen LogP contribution in [0.25, 0.3) is 10.8 Å². The fourth-order valence-corrected chi connectivity index (χ4v) is 4.15. The summed E-state index contributed by atoms with van der Waals surface area (Å²) in [5.41, 5.74) is 2.95. The first-order chi connectivity index (χ1) is 9.92. The number of hydrogen-bond donors (Lipinski definition) is 1. The quantitative estimate of drug-likeness (QED) is 0.736. The van der Waals surface area contributed by atoms with Crippen LogP contribution in [0.1, 0.15) is 22.0 Å². The molecule has 0 unspecified atom stereocenters. The Balaban J connectivity index is 1.73. The average molecular weight is 279 g/mol. The van der Waals surface area contributed by atoms with E-state index in [0.29, 0.717) is 6.04 Å². The van der Waals surface area contributed by atoms with E-state index in [4.69, 9.17) is 0 Å². The van der Waals surface area contributed by atoms with Gasteiger partial charge in [-0.05, 0) is 46.2 Å². The van der Waals surface area contributed by atoms with Gasteiger partial charge >= 0.3 is 0 Å². The number of hydrogen-bond acceptors (Lipinski definition) is 2. The van der Waals surface area contributed by atoms with Crippen LogP contribution in [0.15, 0.2) is 53.9 Å². The normalized spacial score (nSPS) is 18.1. The second-order valence-electron chi connectivity index (χ2n) is 5.40. The van der Waals surface area contributed by atoms with Gasteiger partial charge in [0.25, 0.3) is 0 Å². The van der Waals surface area contributed by atoms with Crippen LogP contribution >= 0.6 is 11.3 Å². The van der Waals surface area contributed by atoms with E-state index in [0.717, 1.165) is 13.0 Å². The predicted octanol–water partition coefficient (Wildman–Crippen LogP) is 4.33. The number of fused-ring (bicyclic) bond motifs is 2. The number of benzene rings is 2. The highest BCUT2D eigenvalue weighted by molar-refractivity contribution is 7.10. The summed E-state index contributed by atoms with van der Waals surface area (Å²) in [6.07, 6.45) is 2.25. The van der Waals surface area contributed by atoms with Crippen LogP contribution in [-0.4, -0.2) is 6.54 Å². The Morgan fingerprint density at radius 2 is 1.95 bits per heavy atom. The molecule has 0 fully saturated rings. The summed E-state index contributed by atoms with van der Waals surface area (Å²) in [7, 11) is 0. The molecule has 2 heterocycles. The first-order valence-corrected chi connectivity index (χ1v) is 8.06. The first kappa shape index (κ1) is 12.1. The van der Waals surface area contributed by atoms with Gasteiger partial charge in [-0.25, -0.2) is 0 Å². The molecule has 1 nitrogen and oxygen atoms in total. The van der Waals surface area contributed by atoms with Crippen LogP contribution in [0, 0.1) is 0 Å². The molecule has 100 valence electrons. The van der Waals surface area contributed by atoms with Gasteiger partial charge in [0.1, 0.15) is 0 Å². The highest BCUT2D eigenvalue weighted by Gasteiger charge is 2.21. The lowest BCUT2D eigenvalue weighted by Gasteiger charge is -2.25. The van der Waals surface area contributed by atoms with Crippen molar-refractivity contribution in [3.05, 3.63) is 69.9 Å². The zero-order valence-corrected chi connectivity index (χ0v) is 12.1. The summed E-state index contributed by atoms with van der Waals surface area (Å²) < 4.78 is 0. The second kappa shape index (κ2) is 5.04. The molecule has 0 radical (unpaired) electrons. The van der Waals surface area contributed by atoms with Crippen LogP contribution in [0.3, 0.4) is 0 Å². The molecule has 1 N–H and O–H groups in total. The Bertz CT molecular complexity index is 739. The Morgan fingerprint density at radius 3 is 2.95 bits per heavy atom. The lowest BCUT2D eigenvalue weighted by Crippen LogP contribution is -2.30. The zero-order chi connectivity index (χ0) is 13.4. The van der Waals surface area contributed by atoms with Crippen molar-refractivity contribution in [2.45, 2.75) is 18.9 Å². The monoisotopic (exact) mass is 279 g/mol. The number of thiophene rings is 1. The number of nitrogens with one attached hydrogen (secondary N) is 1. The van der Waals surface area contributed by atoms with E-state index < -0.39 is 0 Å². The van der Waals surface area contributed by atoms with Gasteiger partial charge in [0.2, 0.25) is 0 Å². The summed E-state index contributed by atoms with van der Waals surface area (Å²) in [5, 5.41) is 8.64. The fraction of sp³-hybridized carbons (Fsp3) is 0.222. The third-order valence-electron chi connectivity index (χ3n) is 4.20. The maximum Gasteiger partial charge on any atom is 0.0372 e. The molecule has 3 aromatic rings. The largest absolute Gasteiger partial charge is 0.309 e. The zero-order valence-electron chi connectivity index (χ0n) is 11.3. The van der Waals surface area contributed by atoms with Gasteiger partial charge in [-0.15, -0.1) is 11.3 Å². The standard InChI is InChI=1S/C18H17NS/c1-2-7-15-13(4-1)5-3-6-14(15)12-17-16-9-11-20-18(16)8-10-19-17/h1-7,9,11,17,19H,8,10,12H2/t17-/m0/s1. The Hall–Kier alpha value is -1.64. The molecular weight excluding hydrogens is 262 g/mol. The fourth-order valence-electron chi connectivity index (χ4n) is 3.21. The molecule has 0 aliphatic carbocycles. The Morgan fingerprint density at radius 1 is 1.05 bits per heavy atom. The van der Waals surface area contributed by atoms with E-state index in [1.165, 1.54) is 28.3 Å².